The van der Waals surface area contributed by atoms with Gasteiger partial charge in [0, 0.05) is 13.1 Å². The molecular weight excluding hydrogens is 287 g/mol. The Morgan fingerprint density at radius 3 is 2.74 bits per heavy atom. The Balaban J connectivity index is 0.00000324. The van der Waals surface area contributed by atoms with Gasteiger partial charge in [-0.3, -0.25) is 4.79 Å². The lowest BCUT2D eigenvalue weighted by atomic mass is 10.3. The van der Waals surface area contributed by atoms with E-state index in [0.717, 1.165) is 13.1 Å². The van der Waals surface area contributed by atoms with Crippen molar-refractivity contribution in [3.8, 4) is 5.75 Å². The Kier molecular flexibility index (Phi) is 10.4. The lowest BCUT2D eigenvalue weighted by Crippen LogP contribution is -2.32. The molecule has 0 saturated carbocycles. The number of carbonyl (C=O) groups excluding carboxylic acids is 1. The molecule has 1 rings (SSSR count). The molecule has 4 nitrogen and oxygen atoms in total. The van der Waals surface area contributed by atoms with Crippen LogP contribution in [0.25, 0.3) is 0 Å². The van der Waals surface area contributed by atoms with Crippen molar-refractivity contribution in [2.75, 3.05) is 26.2 Å². The fourth-order valence-electron chi connectivity index (χ4n) is 1.37. The number of nitrogens with one attached hydrogen (secondary N) is 2. The number of hydrogen-bond donors (Lipinski definition) is 2. The maximum absolute atomic E-state index is 11.4. The molecule has 0 aromatic heterocycles. The summed E-state index contributed by atoms with van der Waals surface area (Å²) >= 11 is 5.92. The summed E-state index contributed by atoms with van der Waals surface area (Å²) in [5, 5.41) is 6.49. The van der Waals surface area contributed by atoms with Crippen molar-refractivity contribution >= 4 is 29.9 Å². The van der Waals surface area contributed by atoms with Crippen LogP contribution < -0.4 is 15.4 Å². The second kappa shape index (κ2) is 10.9. The number of likely N-dealkylation sites (N-methyl/N-ethyl adjacent to an activating group) is 1. The first kappa shape index (κ1) is 18.0. The summed E-state index contributed by atoms with van der Waals surface area (Å²) in [7, 11) is 0. The second-order valence-corrected chi connectivity index (χ2v) is 4.14. The highest BCUT2D eigenvalue weighted by molar-refractivity contribution is 6.32. The number of ether oxygens (including phenoxy) is 1. The van der Waals surface area contributed by atoms with Crippen LogP contribution in [0, 0.1) is 0 Å². The van der Waals surface area contributed by atoms with Gasteiger partial charge in [0.25, 0.3) is 0 Å². The average molecular weight is 307 g/mol. The number of amides is 1. The largest absolute Gasteiger partial charge is 0.491 e. The number of carbonyl (C=O) groups is 1. The van der Waals surface area contributed by atoms with Gasteiger partial charge in [0.05, 0.1) is 18.1 Å². The molecule has 6 heteroatoms. The van der Waals surface area contributed by atoms with Crippen molar-refractivity contribution in [2.24, 2.45) is 0 Å². The minimum atomic E-state index is -0.0139. The lowest BCUT2D eigenvalue weighted by Gasteiger charge is -2.08. The van der Waals surface area contributed by atoms with Crippen molar-refractivity contribution in [2.45, 2.75) is 13.3 Å². The smallest absolute Gasteiger partial charge is 0.223 e. The highest BCUT2D eigenvalue weighted by Crippen LogP contribution is 2.22. The number of halogens is 2. The maximum atomic E-state index is 11.4. The lowest BCUT2D eigenvalue weighted by molar-refractivity contribution is -0.121. The summed E-state index contributed by atoms with van der Waals surface area (Å²) in [5.74, 6) is 0.597. The van der Waals surface area contributed by atoms with Gasteiger partial charge < -0.3 is 15.4 Å². The Bertz CT molecular complexity index is 375. The zero-order chi connectivity index (χ0) is 13.2. The zero-order valence-corrected chi connectivity index (χ0v) is 12.5. The molecule has 0 atom stereocenters. The van der Waals surface area contributed by atoms with E-state index in [2.05, 4.69) is 10.6 Å². The van der Waals surface area contributed by atoms with Gasteiger partial charge in [0.15, 0.2) is 0 Å². The molecule has 1 amide bonds. The minimum Gasteiger partial charge on any atom is -0.491 e. The van der Waals surface area contributed by atoms with E-state index in [4.69, 9.17) is 16.3 Å². The van der Waals surface area contributed by atoms with Crippen molar-refractivity contribution in [1.82, 2.24) is 10.6 Å². The van der Waals surface area contributed by atoms with Crippen molar-refractivity contribution in [3.05, 3.63) is 29.3 Å². The molecule has 1 aromatic rings. The maximum Gasteiger partial charge on any atom is 0.223 e. The van der Waals surface area contributed by atoms with E-state index in [1.807, 2.05) is 19.1 Å². The summed E-state index contributed by atoms with van der Waals surface area (Å²) < 4.78 is 5.43. The highest BCUT2D eigenvalue weighted by atomic mass is 35.5. The topological polar surface area (TPSA) is 50.4 Å². The first-order valence-electron chi connectivity index (χ1n) is 6.08. The summed E-state index contributed by atoms with van der Waals surface area (Å²) in [6, 6.07) is 7.22. The number of para-hydroxylation sites is 1. The van der Waals surface area contributed by atoms with Crippen LogP contribution in [0.1, 0.15) is 13.3 Å². The van der Waals surface area contributed by atoms with E-state index in [-0.39, 0.29) is 18.3 Å². The van der Waals surface area contributed by atoms with Crippen molar-refractivity contribution in [3.63, 3.8) is 0 Å². The summed E-state index contributed by atoms with van der Waals surface area (Å²) in [4.78, 5) is 11.4. The van der Waals surface area contributed by atoms with Crippen LogP contribution in [-0.4, -0.2) is 32.1 Å². The summed E-state index contributed by atoms with van der Waals surface area (Å²) in [5.41, 5.74) is 0. The number of hydrogen-bond acceptors (Lipinski definition) is 3. The molecule has 0 aliphatic rings. The van der Waals surface area contributed by atoms with Gasteiger partial charge in [0.2, 0.25) is 5.91 Å². The molecule has 0 radical (unpaired) electrons. The van der Waals surface area contributed by atoms with E-state index in [9.17, 15) is 4.79 Å². The van der Waals surface area contributed by atoms with E-state index < -0.39 is 0 Å². The fourth-order valence-corrected chi connectivity index (χ4v) is 1.56. The zero-order valence-electron chi connectivity index (χ0n) is 10.9. The molecule has 0 bridgehead atoms. The van der Waals surface area contributed by atoms with Gasteiger partial charge in [-0.1, -0.05) is 30.7 Å². The average Bonchev–Trinajstić information content (AvgIpc) is 2.37. The van der Waals surface area contributed by atoms with Crippen LogP contribution in [0.2, 0.25) is 5.02 Å². The van der Waals surface area contributed by atoms with E-state index in [1.54, 1.807) is 12.1 Å². The Morgan fingerprint density at radius 1 is 1.32 bits per heavy atom. The third kappa shape index (κ3) is 7.93. The number of benzene rings is 1. The molecule has 0 fully saturated rings. The third-order valence-electron chi connectivity index (χ3n) is 2.30. The molecule has 0 spiro atoms. The van der Waals surface area contributed by atoms with Crippen molar-refractivity contribution in [1.29, 1.82) is 0 Å². The molecular formula is C13H20Cl2N2O2. The predicted octanol–water partition coefficient (Wildman–Crippen LogP) is 2.26. The van der Waals surface area contributed by atoms with E-state index in [0.29, 0.717) is 30.3 Å². The van der Waals surface area contributed by atoms with Crippen molar-refractivity contribution < 1.29 is 9.53 Å². The normalized spacial score (nSPS) is 9.58. The molecule has 0 unspecified atom stereocenters. The van der Waals surface area contributed by atoms with Crippen LogP contribution in [-0.2, 0) is 4.79 Å². The quantitative estimate of drug-likeness (QED) is 0.724. The van der Waals surface area contributed by atoms with Crippen LogP contribution in [0.4, 0.5) is 0 Å². The Hall–Kier alpha value is -0.970. The predicted molar refractivity (Wildman–Crippen MR) is 80.4 cm³/mol. The molecule has 0 aliphatic heterocycles. The van der Waals surface area contributed by atoms with Gasteiger partial charge in [-0.2, -0.15) is 0 Å². The Morgan fingerprint density at radius 2 is 2.05 bits per heavy atom. The molecule has 0 heterocycles. The van der Waals surface area contributed by atoms with Gasteiger partial charge in [0.1, 0.15) is 5.75 Å². The SMILES string of the molecule is CCNCCNC(=O)CCOc1ccccc1Cl.Cl. The van der Waals surface area contributed by atoms with E-state index >= 15 is 0 Å². The van der Waals surface area contributed by atoms with Crippen LogP contribution in [0.5, 0.6) is 5.75 Å². The van der Waals surface area contributed by atoms with Gasteiger partial charge in [-0.15, -0.1) is 12.4 Å². The fraction of sp³-hybridized carbons (Fsp3) is 0.462. The Labute approximate surface area is 125 Å². The molecule has 19 heavy (non-hydrogen) atoms. The van der Waals surface area contributed by atoms with Gasteiger partial charge in [-0.25, -0.2) is 0 Å². The first-order chi connectivity index (χ1) is 8.74. The van der Waals surface area contributed by atoms with Crippen LogP contribution in [0.3, 0.4) is 0 Å². The van der Waals surface area contributed by atoms with Gasteiger partial charge in [-0.05, 0) is 18.7 Å². The second-order valence-electron chi connectivity index (χ2n) is 3.73. The monoisotopic (exact) mass is 306 g/mol. The standard InChI is InChI=1S/C13H19ClN2O2.ClH/c1-2-15-8-9-16-13(17)7-10-18-12-6-4-3-5-11(12)14;/h3-6,15H,2,7-10H2,1H3,(H,16,17);1H. The number of rotatable bonds is 8. The molecule has 2 N–H and O–H groups in total. The van der Waals surface area contributed by atoms with Crippen LogP contribution in [0.15, 0.2) is 24.3 Å². The summed E-state index contributed by atoms with van der Waals surface area (Å²) in [6.45, 7) is 4.69. The summed E-state index contributed by atoms with van der Waals surface area (Å²) in [6.07, 6.45) is 0.331. The highest BCUT2D eigenvalue weighted by Gasteiger charge is 2.03. The molecule has 0 aliphatic carbocycles. The first-order valence-corrected chi connectivity index (χ1v) is 6.46. The minimum absolute atomic E-state index is 0. The molecule has 0 saturated heterocycles. The molecule has 108 valence electrons. The molecule has 1 aromatic carbocycles. The van der Waals surface area contributed by atoms with Gasteiger partial charge >= 0.3 is 0 Å². The van der Waals surface area contributed by atoms with Crippen LogP contribution >= 0.6 is 24.0 Å². The van der Waals surface area contributed by atoms with E-state index in [1.165, 1.54) is 0 Å². The third-order valence-corrected chi connectivity index (χ3v) is 2.61.